The van der Waals surface area contributed by atoms with Crippen LogP contribution < -0.4 is 5.32 Å². The van der Waals surface area contributed by atoms with Gasteiger partial charge in [-0.15, -0.1) is 11.3 Å². The topological polar surface area (TPSA) is 24.9 Å². The van der Waals surface area contributed by atoms with Crippen molar-refractivity contribution in [1.82, 2.24) is 4.98 Å². The minimum Gasteiger partial charge on any atom is -0.377 e. The van der Waals surface area contributed by atoms with Crippen molar-refractivity contribution in [2.45, 2.75) is 45.6 Å². The van der Waals surface area contributed by atoms with Crippen LogP contribution in [-0.2, 0) is 12.8 Å². The molecule has 19 heavy (non-hydrogen) atoms. The summed E-state index contributed by atoms with van der Waals surface area (Å²) < 4.78 is 0. The Balaban J connectivity index is 1.86. The van der Waals surface area contributed by atoms with Gasteiger partial charge in [-0.3, -0.25) is 0 Å². The van der Waals surface area contributed by atoms with Gasteiger partial charge >= 0.3 is 0 Å². The smallest absolute Gasteiger partial charge is 0.0798 e. The Bertz CT molecular complexity index is 574. The average Bonchev–Trinajstić information content (AvgIpc) is 2.85. The lowest BCUT2D eigenvalue weighted by atomic mass is 9.90. The lowest BCUT2D eigenvalue weighted by molar-refractivity contribution is 0.685. The van der Waals surface area contributed by atoms with Crippen molar-refractivity contribution in [3.8, 4) is 0 Å². The molecule has 0 spiro atoms. The fraction of sp³-hybridized carbons (Fsp3) is 0.438. The van der Waals surface area contributed by atoms with E-state index in [2.05, 4.69) is 42.3 Å². The van der Waals surface area contributed by atoms with Gasteiger partial charge in [0.1, 0.15) is 0 Å². The minimum atomic E-state index is 0.334. The van der Waals surface area contributed by atoms with Gasteiger partial charge in [0.15, 0.2) is 0 Å². The van der Waals surface area contributed by atoms with E-state index in [4.69, 9.17) is 0 Å². The van der Waals surface area contributed by atoms with Crippen molar-refractivity contribution in [2.75, 3.05) is 5.32 Å². The molecule has 1 atom stereocenters. The maximum absolute atomic E-state index is 4.35. The SMILES string of the molecule is Cc1ncsc1C(C)Nc1cccc2c1CCCC2. The fourth-order valence-corrected chi connectivity index (χ4v) is 3.75. The predicted molar refractivity (Wildman–Crippen MR) is 82.0 cm³/mol. The van der Waals surface area contributed by atoms with E-state index in [9.17, 15) is 0 Å². The van der Waals surface area contributed by atoms with Crippen molar-refractivity contribution in [3.63, 3.8) is 0 Å². The van der Waals surface area contributed by atoms with E-state index in [-0.39, 0.29) is 0 Å². The van der Waals surface area contributed by atoms with Gasteiger partial charge in [-0.1, -0.05) is 12.1 Å². The van der Waals surface area contributed by atoms with Gasteiger partial charge in [0.2, 0.25) is 0 Å². The largest absolute Gasteiger partial charge is 0.377 e. The van der Waals surface area contributed by atoms with Gasteiger partial charge in [-0.2, -0.15) is 0 Å². The Morgan fingerprint density at radius 3 is 2.89 bits per heavy atom. The summed E-state index contributed by atoms with van der Waals surface area (Å²) in [6, 6.07) is 7.01. The van der Waals surface area contributed by atoms with Crippen LogP contribution in [0.5, 0.6) is 0 Å². The normalized spacial score (nSPS) is 15.9. The average molecular weight is 272 g/mol. The molecule has 1 aromatic heterocycles. The number of aromatic nitrogens is 1. The van der Waals surface area contributed by atoms with Gasteiger partial charge in [0.25, 0.3) is 0 Å². The molecule has 1 aliphatic carbocycles. The molecule has 0 bridgehead atoms. The van der Waals surface area contributed by atoms with Gasteiger partial charge in [-0.25, -0.2) is 4.98 Å². The molecular formula is C16H20N2S. The summed E-state index contributed by atoms with van der Waals surface area (Å²) in [5.74, 6) is 0. The highest BCUT2D eigenvalue weighted by Crippen LogP contribution is 2.31. The molecule has 1 N–H and O–H groups in total. The number of nitrogens with one attached hydrogen (secondary N) is 1. The van der Waals surface area contributed by atoms with Gasteiger partial charge in [-0.05, 0) is 56.7 Å². The van der Waals surface area contributed by atoms with Crippen LogP contribution in [0.4, 0.5) is 5.69 Å². The van der Waals surface area contributed by atoms with E-state index >= 15 is 0 Å². The van der Waals surface area contributed by atoms with Gasteiger partial charge in [0.05, 0.1) is 17.2 Å². The molecule has 0 aliphatic heterocycles. The molecule has 100 valence electrons. The summed E-state index contributed by atoms with van der Waals surface area (Å²) in [6.45, 7) is 4.31. The number of rotatable bonds is 3. The zero-order valence-corrected chi connectivity index (χ0v) is 12.4. The first-order chi connectivity index (χ1) is 9.25. The molecule has 0 radical (unpaired) electrons. The van der Waals surface area contributed by atoms with Crippen molar-refractivity contribution < 1.29 is 0 Å². The summed E-state index contributed by atoms with van der Waals surface area (Å²) >= 11 is 1.74. The van der Waals surface area contributed by atoms with Gasteiger partial charge < -0.3 is 5.32 Å². The Hall–Kier alpha value is -1.35. The molecule has 2 aromatic rings. The second-order valence-electron chi connectivity index (χ2n) is 5.32. The molecule has 1 aliphatic rings. The lowest BCUT2D eigenvalue weighted by Gasteiger charge is -2.22. The zero-order valence-electron chi connectivity index (χ0n) is 11.6. The number of aryl methyl sites for hydroxylation is 2. The third-order valence-electron chi connectivity index (χ3n) is 3.94. The first kappa shape index (κ1) is 12.7. The molecule has 0 fully saturated rings. The molecule has 3 rings (SSSR count). The molecule has 1 unspecified atom stereocenters. The van der Waals surface area contributed by atoms with Crippen LogP contribution in [0.25, 0.3) is 0 Å². The minimum absolute atomic E-state index is 0.334. The summed E-state index contributed by atoms with van der Waals surface area (Å²) in [5, 5.41) is 3.68. The van der Waals surface area contributed by atoms with Crippen molar-refractivity contribution >= 4 is 17.0 Å². The summed E-state index contributed by atoms with van der Waals surface area (Å²) in [5.41, 5.74) is 7.46. The van der Waals surface area contributed by atoms with E-state index < -0.39 is 0 Å². The highest BCUT2D eigenvalue weighted by Gasteiger charge is 2.16. The summed E-state index contributed by atoms with van der Waals surface area (Å²) in [6.07, 6.45) is 5.10. The Morgan fingerprint density at radius 2 is 2.11 bits per heavy atom. The molecule has 1 aromatic carbocycles. The van der Waals surface area contributed by atoms with E-state index in [1.807, 2.05) is 5.51 Å². The maximum Gasteiger partial charge on any atom is 0.0798 e. The van der Waals surface area contributed by atoms with Crippen molar-refractivity contribution in [2.24, 2.45) is 0 Å². The van der Waals surface area contributed by atoms with Crippen molar-refractivity contribution in [1.29, 1.82) is 0 Å². The lowest BCUT2D eigenvalue weighted by Crippen LogP contribution is -2.11. The fourth-order valence-electron chi connectivity index (χ4n) is 2.94. The Labute approximate surface area is 118 Å². The first-order valence-electron chi connectivity index (χ1n) is 7.03. The van der Waals surface area contributed by atoms with Crippen LogP contribution in [0.1, 0.15) is 47.5 Å². The zero-order chi connectivity index (χ0) is 13.2. The van der Waals surface area contributed by atoms with Crippen LogP contribution in [0.3, 0.4) is 0 Å². The number of hydrogen-bond donors (Lipinski definition) is 1. The molecule has 0 amide bonds. The summed E-state index contributed by atoms with van der Waals surface area (Å²) in [4.78, 5) is 5.69. The monoisotopic (exact) mass is 272 g/mol. The second kappa shape index (κ2) is 5.33. The first-order valence-corrected chi connectivity index (χ1v) is 7.91. The number of hydrogen-bond acceptors (Lipinski definition) is 3. The van der Waals surface area contributed by atoms with Crippen molar-refractivity contribution in [3.05, 3.63) is 45.4 Å². The van der Waals surface area contributed by atoms with E-state index in [0.717, 1.165) is 5.69 Å². The van der Waals surface area contributed by atoms with Crippen LogP contribution in [0.2, 0.25) is 0 Å². The molecular weight excluding hydrogens is 252 g/mol. The molecule has 0 saturated heterocycles. The molecule has 2 nitrogen and oxygen atoms in total. The number of thiazole rings is 1. The van der Waals surface area contributed by atoms with E-state index in [1.165, 1.54) is 47.4 Å². The Kier molecular flexibility index (Phi) is 3.56. The maximum atomic E-state index is 4.35. The molecule has 3 heteroatoms. The molecule has 1 heterocycles. The quantitative estimate of drug-likeness (QED) is 0.889. The van der Waals surface area contributed by atoms with Crippen LogP contribution in [-0.4, -0.2) is 4.98 Å². The Morgan fingerprint density at radius 1 is 1.26 bits per heavy atom. The number of benzene rings is 1. The number of nitrogens with zero attached hydrogens (tertiary/aromatic N) is 1. The van der Waals surface area contributed by atoms with E-state index in [1.54, 1.807) is 11.3 Å². The number of fused-ring (bicyclic) bond motifs is 1. The van der Waals surface area contributed by atoms with Gasteiger partial charge in [0, 0.05) is 10.6 Å². The standard InChI is InChI=1S/C16H20N2S/c1-11-16(19-10-17-11)12(2)18-15-9-5-7-13-6-3-4-8-14(13)15/h5,7,9-10,12,18H,3-4,6,8H2,1-2H3. The highest BCUT2D eigenvalue weighted by molar-refractivity contribution is 7.09. The second-order valence-corrected chi connectivity index (χ2v) is 6.20. The van der Waals surface area contributed by atoms with Crippen LogP contribution in [0, 0.1) is 6.92 Å². The molecule has 0 saturated carbocycles. The third kappa shape index (κ3) is 2.52. The number of anilines is 1. The predicted octanol–water partition coefficient (Wildman–Crippen LogP) is 4.50. The van der Waals surface area contributed by atoms with E-state index in [0.29, 0.717) is 6.04 Å². The van der Waals surface area contributed by atoms with Crippen LogP contribution in [0.15, 0.2) is 23.7 Å². The van der Waals surface area contributed by atoms with Crippen LogP contribution >= 0.6 is 11.3 Å². The highest BCUT2D eigenvalue weighted by atomic mass is 32.1. The summed E-state index contributed by atoms with van der Waals surface area (Å²) in [7, 11) is 0. The third-order valence-corrected chi connectivity index (χ3v) is 5.06.